The monoisotopic (exact) mass is 447 g/mol. The Kier molecular flexibility index (Phi) is 9.01. The van der Waals surface area contributed by atoms with Crippen molar-refractivity contribution in [1.29, 1.82) is 0 Å². The zero-order valence-corrected chi connectivity index (χ0v) is 16.5. The van der Waals surface area contributed by atoms with E-state index in [9.17, 15) is 0 Å². The third-order valence-corrected chi connectivity index (χ3v) is 3.49. The zero-order valence-electron chi connectivity index (χ0n) is 13.4. The van der Waals surface area contributed by atoms with Crippen LogP contribution >= 0.6 is 35.6 Å². The van der Waals surface area contributed by atoms with E-state index >= 15 is 0 Å². The maximum Gasteiger partial charge on any atom is 0.191 e. The Balaban J connectivity index is 0.00000264. The van der Waals surface area contributed by atoms with Crippen molar-refractivity contribution in [1.82, 2.24) is 20.4 Å². The highest BCUT2D eigenvalue weighted by atomic mass is 127. The lowest BCUT2D eigenvalue weighted by molar-refractivity contribution is 0.729. The Hall–Kier alpha value is -1.28. The highest BCUT2D eigenvalue weighted by Crippen LogP contribution is 2.13. The lowest BCUT2D eigenvalue weighted by Gasteiger charge is -2.10. The van der Waals surface area contributed by atoms with Gasteiger partial charge in [0.2, 0.25) is 0 Å². The average molecular weight is 448 g/mol. The second kappa shape index (κ2) is 10.5. The molecule has 7 heteroatoms. The van der Waals surface area contributed by atoms with Gasteiger partial charge in [-0.05, 0) is 30.7 Å². The van der Waals surface area contributed by atoms with Crippen molar-refractivity contribution in [3.63, 3.8) is 0 Å². The van der Waals surface area contributed by atoms with Gasteiger partial charge in [0.25, 0.3) is 0 Å². The Bertz CT molecular complexity index is 609. The molecule has 0 spiro atoms. The number of nitrogens with one attached hydrogen (secondary N) is 2. The number of rotatable bonds is 6. The van der Waals surface area contributed by atoms with Gasteiger partial charge in [0, 0.05) is 36.9 Å². The topological polar surface area (TPSA) is 54.2 Å². The zero-order chi connectivity index (χ0) is 15.8. The molecule has 0 saturated carbocycles. The quantitative estimate of drug-likeness (QED) is 0.308. The number of halogens is 2. The van der Waals surface area contributed by atoms with Gasteiger partial charge in [-0.3, -0.25) is 4.99 Å². The molecule has 0 aliphatic carbocycles. The van der Waals surface area contributed by atoms with Crippen molar-refractivity contribution in [3.8, 4) is 5.69 Å². The Morgan fingerprint density at radius 3 is 2.65 bits per heavy atom. The summed E-state index contributed by atoms with van der Waals surface area (Å²) in [6, 6.07) is 7.60. The van der Waals surface area contributed by atoms with Crippen LogP contribution in [0.1, 0.15) is 25.3 Å². The molecule has 0 fully saturated rings. The molecule has 0 bridgehead atoms. The fourth-order valence-corrected chi connectivity index (χ4v) is 2.10. The SMILES string of the molecule is CCCCNC(=NC)NCc1cnn(-c2ccc(Cl)cc2)c1.I. The smallest absolute Gasteiger partial charge is 0.191 e. The van der Waals surface area contributed by atoms with Gasteiger partial charge in [0.05, 0.1) is 11.9 Å². The minimum atomic E-state index is 0. The van der Waals surface area contributed by atoms with Gasteiger partial charge in [-0.25, -0.2) is 4.68 Å². The molecule has 2 N–H and O–H groups in total. The van der Waals surface area contributed by atoms with Crippen molar-refractivity contribution in [2.24, 2.45) is 4.99 Å². The van der Waals surface area contributed by atoms with Crippen LogP contribution in [0.4, 0.5) is 0 Å². The molecule has 0 amide bonds. The molecule has 1 aromatic heterocycles. The largest absolute Gasteiger partial charge is 0.356 e. The van der Waals surface area contributed by atoms with E-state index in [0.29, 0.717) is 6.54 Å². The van der Waals surface area contributed by atoms with E-state index in [4.69, 9.17) is 11.6 Å². The van der Waals surface area contributed by atoms with Crippen molar-refractivity contribution >= 4 is 41.5 Å². The number of benzene rings is 1. The first-order chi connectivity index (χ1) is 10.7. The van der Waals surface area contributed by atoms with Crippen LogP contribution in [0.2, 0.25) is 5.02 Å². The van der Waals surface area contributed by atoms with Gasteiger partial charge < -0.3 is 10.6 Å². The minimum absolute atomic E-state index is 0. The molecule has 0 radical (unpaired) electrons. The maximum absolute atomic E-state index is 5.90. The molecule has 2 rings (SSSR count). The van der Waals surface area contributed by atoms with Gasteiger partial charge in [0.15, 0.2) is 5.96 Å². The van der Waals surface area contributed by atoms with E-state index in [1.54, 1.807) is 7.05 Å². The van der Waals surface area contributed by atoms with Crippen LogP contribution in [0, 0.1) is 0 Å². The molecule has 126 valence electrons. The maximum atomic E-state index is 5.90. The Morgan fingerprint density at radius 2 is 2.00 bits per heavy atom. The molecule has 0 unspecified atom stereocenters. The molecule has 0 atom stereocenters. The van der Waals surface area contributed by atoms with Crippen molar-refractivity contribution in [3.05, 3.63) is 47.2 Å². The molecule has 1 aromatic carbocycles. The number of hydrogen-bond acceptors (Lipinski definition) is 2. The van der Waals surface area contributed by atoms with E-state index in [1.165, 1.54) is 0 Å². The summed E-state index contributed by atoms with van der Waals surface area (Å²) in [6.45, 7) is 3.78. The van der Waals surface area contributed by atoms with Crippen LogP contribution in [-0.2, 0) is 6.54 Å². The van der Waals surface area contributed by atoms with Crippen LogP contribution in [-0.4, -0.2) is 29.3 Å². The van der Waals surface area contributed by atoms with Crippen LogP contribution in [0.25, 0.3) is 5.69 Å². The molecule has 0 aliphatic heterocycles. The van der Waals surface area contributed by atoms with Crippen LogP contribution in [0.5, 0.6) is 0 Å². The molecule has 0 aliphatic rings. The predicted octanol–water partition coefficient (Wildman–Crippen LogP) is 3.61. The summed E-state index contributed by atoms with van der Waals surface area (Å²) in [6.07, 6.45) is 6.14. The van der Waals surface area contributed by atoms with E-state index in [-0.39, 0.29) is 24.0 Å². The van der Waals surface area contributed by atoms with Crippen LogP contribution < -0.4 is 10.6 Å². The molecular formula is C16H23ClIN5. The molecule has 1 heterocycles. The normalized spacial score (nSPS) is 11.0. The van der Waals surface area contributed by atoms with Gasteiger partial charge >= 0.3 is 0 Å². The molecule has 5 nitrogen and oxygen atoms in total. The summed E-state index contributed by atoms with van der Waals surface area (Å²) >= 11 is 5.90. The van der Waals surface area contributed by atoms with E-state index in [0.717, 1.165) is 41.6 Å². The summed E-state index contributed by atoms with van der Waals surface area (Å²) in [5.41, 5.74) is 2.08. The number of nitrogens with zero attached hydrogens (tertiary/aromatic N) is 3. The highest BCUT2D eigenvalue weighted by Gasteiger charge is 2.02. The van der Waals surface area contributed by atoms with Crippen molar-refractivity contribution in [2.75, 3.05) is 13.6 Å². The highest BCUT2D eigenvalue weighted by molar-refractivity contribution is 14.0. The molecule has 2 aromatic rings. The predicted molar refractivity (Wildman–Crippen MR) is 107 cm³/mol. The van der Waals surface area contributed by atoms with Crippen molar-refractivity contribution < 1.29 is 0 Å². The number of aliphatic imine (C=N–C) groups is 1. The fraction of sp³-hybridized carbons (Fsp3) is 0.375. The second-order valence-corrected chi connectivity index (χ2v) is 5.41. The first-order valence-corrected chi connectivity index (χ1v) is 7.84. The Morgan fingerprint density at radius 1 is 1.26 bits per heavy atom. The number of aromatic nitrogens is 2. The van der Waals surface area contributed by atoms with Gasteiger partial charge in [0.1, 0.15) is 0 Å². The lowest BCUT2D eigenvalue weighted by atomic mass is 10.3. The first kappa shape index (κ1) is 19.8. The Labute approximate surface area is 159 Å². The van der Waals surface area contributed by atoms with E-state index in [2.05, 4.69) is 27.6 Å². The number of guanidine groups is 1. The van der Waals surface area contributed by atoms with Gasteiger partial charge in [-0.15, -0.1) is 24.0 Å². The molecule has 23 heavy (non-hydrogen) atoms. The van der Waals surface area contributed by atoms with Gasteiger partial charge in [-0.2, -0.15) is 5.10 Å². The summed E-state index contributed by atoms with van der Waals surface area (Å²) in [4.78, 5) is 4.20. The number of hydrogen-bond donors (Lipinski definition) is 2. The lowest BCUT2D eigenvalue weighted by Crippen LogP contribution is -2.37. The summed E-state index contributed by atoms with van der Waals surface area (Å²) < 4.78 is 1.83. The second-order valence-electron chi connectivity index (χ2n) is 4.98. The molecule has 0 saturated heterocycles. The van der Waals surface area contributed by atoms with E-state index in [1.807, 2.05) is 41.3 Å². The first-order valence-electron chi connectivity index (χ1n) is 7.47. The minimum Gasteiger partial charge on any atom is -0.356 e. The van der Waals surface area contributed by atoms with Gasteiger partial charge in [-0.1, -0.05) is 24.9 Å². The summed E-state index contributed by atoms with van der Waals surface area (Å²) in [5, 5.41) is 11.7. The average Bonchev–Trinajstić information content (AvgIpc) is 3.00. The molecular weight excluding hydrogens is 425 g/mol. The summed E-state index contributed by atoms with van der Waals surface area (Å²) in [5.74, 6) is 0.813. The van der Waals surface area contributed by atoms with Crippen molar-refractivity contribution in [2.45, 2.75) is 26.3 Å². The van der Waals surface area contributed by atoms with E-state index < -0.39 is 0 Å². The number of unbranched alkanes of at least 4 members (excludes halogenated alkanes) is 1. The third kappa shape index (κ3) is 6.39. The standard InChI is InChI=1S/C16H22ClN5.HI/c1-3-4-9-19-16(18-2)20-10-13-11-21-22(12-13)15-7-5-14(17)6-8-15;/h5-8,11-12H,3-4,9-10H2,1-2H3,(H2,18,19,20);1H. The fourth-order valence-electron chi connectivity index (χ4n) is 1.98. The third-order valence-electron chi connectivity index (χ3n) is 3.23. The van der Waals surface area contributed by atoms with Crippen LogP contribution in [0.3, 0.4) is 0 Å². The van der Waals surface area contributed by atoms with Crippen LogP contribution in [0.15, 0.2) is 41.7 Å². The summed E-state index contributed by atoms with van der Waals surface area (Å²) in [7, 11) is 1.78.